The topological polar surface area (TPSA) is 29.5 Å². The van der Waals surface area contributed by atoms with Crippen molar-refractivity contribution in [3.05, 3.63) is 42.0 Å². The summed E-state index contributed by atoms with van der Waals surface area (Å²) in [5.74, 6) is 0.00224. The number of halogens is 3. The Hall–Kier alpha value is -1.98. The van der Waals surface area contributed by atoms with E-state index in [1.54, 1.807) is 0 Å². The molecule has 0 aliphatic heterocycles. The second-order valence-corrected chi connectivity index (χ2v) is 3.76. The maximum Gasteiger partial charge on any atom is 0.416 e. The highest BCUT2D eigenvalue weighted by molar-refractivity contribution is 5.75. The summed E-state index contributed by atoms with van der Waals surface area (Å²) in [4.78, 5) is 12.4. The highest BCUT2D eigenvalue weighted by Gasteiger charge is 2.30. The van der Waals surface area contributed by atoms with Crippen molar-refractivity contribution in [1.82, 2.24) is 4.90 Å². The van der Waals surface area contributed by atoms with Gasteiger partial charge in [0.25, 0.3) is 0 Å². The van der Waals surface area contributed by atoms with Crippen LogP contribution in [0.4, 0.5) is 18.0 Å². The van der Waals surface area contributed by atoms with E-state index in [-0.39, 0.29) is 5.76 Å². The van der Waals surface area contributed by atoms with Crippen LogP contribution < -0.4 is 0 Å². The number of nitrogens with zero attached hydrogens (tertiary/aromatic N) is 1. The van der Waals surface area contributed by atoms with Gasteiger partial charge < -0.3 is 9.64 Å². The van der Waals surface area contributed by atoms with Crippen molar-refractivity contribution in [1.29, 1.82) is 0 Å². The highest BCUT2D eigenvalue weighted by Crippen LogP contribution is 2.30. The maximum absolute atomic E-state index is 12.3. The Morgan fingerprint density at radius 3 is 2.11 bits per heavy atom. The van der Waals surface area contributed by atoms with E-state index in [0.717, 1.165) is 12.1 Å². The predicted octanol–water partition coefficient (Wildman–Crippen LogP) is 3.37. The van der Waals surface area contributed by atoms with Crippen molar-refractivity contribution in [3.63, 3.8) is 0 Å². The Balaban J connectivity index is 2.80. The first-order valence-corrected chi connectivity index (χ1v) is 4.97. The molecule has 1 amide bonds. The standard InChI is InChI=1S/C12H12F3NO2/c1-8(18-11(17)16(2)3)9-4-6-10(7-5-9)12(13,14)15/h4-7H,1H2,2-3H3. The molecule has 6 heteroatoms. The molecule has 0 aliphatic rings. The first-order valence-electron chi connectivity index (χ1n) is 4.97. The second-order valence-electron chi connectivity index (χ2n) is 3.76. The molecule has 1 aromatic carbocycles. The van der Waals surface area contributed by atoms with Crippen LogP contribution in [0.1, 0.15) is 11.1 Å². The van der Waals surface area contributed by atoms with E-state index in [1.807, 2.05) is 0 Å². The zero-order valence-electron chi connectivity index (χ0n) is 9.91. The SMILES string of the molecule is C=C(OC(=O)N(C)C)c1ccc(C(F)(F)F)cc1. The number of rotatable bonds is 2. The van der Waals surface area contributed by atoms with Gasteiger partial charge in [0.1, 0.15) is 5.76 Å². The molecule has 0 atom stereocenters. The smallest absolute Gasteiger partial charge is 0.410 e. The van der Waals surface area contributed by atoms with Crippen LogP contribution in [0.3, 0.4) is 0 Å². The van der Waals surface area contributed by atoms with Crippen molar-refractivity contribution in [3.8, 4) is 0 Å². The lowest BCUT2D eigenvalue weighted by molar-refractivity contribution is -0.137. The van der Waals surface area contributed by atoms with Crippen LogP contribution in [0.2, 0.25) is 0 Å². The lowest BCUT2D eigenvalue weighted by atomic mass is 10.1. The minimum atomic E-state index is -4.39. The van der Waals surface area contributed by atoms with E-state index in [1.165, 1.54) is 31.1 Å². The molecular weight excluding hydrogens is 247 g/mol. The Morgan fingerprint density at radius 1 is 1.22 bits per heavy atom. The number of carbonyl (C=O) groups is 1. The summed E-state index contributed by atoms with van der Waals surface area (Å²) in [7, 11) is 2.98. The van der Waals surface area contributed by atoms with E-state index in [2.05, 4.69) is 6.58 Å². The average Bonchev–Trinajstić information content (AvgIpc) is 2.27. The van der Waals surface area contributed by atoms with Gasteiger partial charge in [0.05, 0.1) is 5.56 Å². The van der Waals surface area contributed by atoms with Gasteiger partial charge in [0.15, 0.2) is 0 Å². The number of alkyl halides is 3. The van der Waals surface area contributed by atoms with Crippen LogP contribution in [0.5, 0.6) is 0 Å². The van der Waals surface area contributed by atoms with Crippen LogP contribution in [0.15, 0.2) is 30.8 Å². The van der Waals surface area contributed by atoms with E-state index in [0.29, 0.717) is 5.56 Å². The molecule has 0 unspecified atom stereocenters. The molecule has 0 bridgehead atoms. The monoisotopic (exact) mass is 259 g/mol. The molecule has 1 aromatic rings. The molecule has 0 N–H and O–H groups in total. The Bertz CT molecular complexity index is 449. The van der Waals surface area contributed by atoms with Crippen molar-refractivity contribution < 1.29 is 22.7 Å². The summed E-state index contributed by atoms with van der Waals surface area (Å²) in [6.45, 7) is 3.49. The summed E-state index contributed by atoms with van der Waals surface area (Å²) < 4.78 is 41.8. The third-order valence-electron chi connectivity index (χ3n) is 2.11. The number of benzene rings is 1. The average molecular weight is 259 g/mol. The van der Waals surface area contributed by atoms with E-state index in [4.69, 9.17) is 4.74 Å². The summed E-state index contributed by atoms with van der Waals surface area (Å²) in [5, 5.41) is 0. The molecule has 0 heterocycles. The van der Waals surface area contributed by atoms with Crippen LogP contribution in [0, 0.1) is 0 Å². The second kappa shape index (κ2) is 5.12. The number of amides is 1. The Labute approximate surface area is 102 Å². The first-order chi connectivity index (χ1) is 8.21. The molecule has 0 fully saturated rings. The lowest BCUT2D eigenvalue weighted by Gasteiger charge is -2.13. The van der Waals surface area contributed by atoms with Crippen LogP contribution in [0.25, 0.3) is 5.76 Å². The molecule has 98 valence electrons. The highest BCUT2D eigenvalue weighted by atomic mass is 19.4. The molecule has 0 saturated heterocycles. The van der Waals surface area contributed by atoms with Crippen molar-refractivity contribution >= 4 is 11.9 Å². The predicted molar refractivity (Wildman–Crippen MR) is 60.6 cm³/mol. The van der Waals surface area contributed by atoms with E-state index in [9.17, 15) is 18.0 Å². The molecule has 18 heavy (non-hydrogen) atoms. The van der Waals surface area contributed by atoms with Crippen molar-refractivity contribution in [2.75, 3.05) is 14.1 Å². The van der Waals surface area contributed by atoms with Gasteiger partial charge in [-0.1, -0.05) is 18.7 Å². The van der Waals surface area contributed by atoms with Gasteiger partial charge in [-0.25, -0.2) is 4.79 Å². The van der Waals surface area contributed by atoms with Crippen LogP contribution in [-0.2, 0) is 10.9 Å². The summed E-state index contributed by atoms with van der Waals surface area (Å²) in [5.41, 5.74) is -0.448. The van der Waals surface area contributed by atoms with Crippen LogP contribution in [-0.4, -0.2) is 25.1 Å². The molecule has 1 rings (SSSR count). The number of hydrogen-bond donors (Lipinski definition) is 0. The lowest BCUT2D eigenvalue weighted by Crippen LogP contribution is -2.22. The van der Waals surface area contributed by atoms with E-state index < -0.39 is 17.8 Å². The molecule has 0 spiro atoms. The quantitative estimate of drug-likeness (QED) is 0.762. The van der Waals surface area contributed by atoms with Gasteiger partial charge in [-0.3, -0.25) is 0 Å². The fraction of sp³-hybridized carbons (Fsp3) is 0.250. The largest absolute Gasteiger partial charge is 0.416 e. The molecular formula is C12H12F3NO2. The zero-order valence-corrected chi connectivity index (χ0v) is 9.91. The Morgan fingerprint density at radius 2 is 1.72 bits per heavy atom. The summed E-state index contributed by atoms with van der Waals surface area (Å²) in [6, 6.07) is 4.22. The van der Waals surface area contributed by atoms with Gasteiger partial charge in [-0.2, -0.15) is 13.2 Å². The normalized spacial score (nSPS) is 10.9. The van der Waals surface area contributed by atoms with Gasteiger partial charge in [0.2, 0.25) is 0 Å². The van der Waals surface area contributed by atoms with E-state index >= 15 is 0 Å². The fourth-order valence-corrected chi connectivity index (χ4v) is 1.10. The molecule has 0 aliphatic carbocycles. The number of ether oxygens (including phenoxy) is 1. The molecule has 3 nitrogen and oxygen atoms in total. The summed E-state index contributed by atoms with van der Waals surface area (Å²) in [6.07, 6.45) is -5.03. The van der Waals surface area contributed by atoms with Gasteiger partial charge in [-0.05, 0) is 12.1 Å². The minimum Gasteiger partial charge on any atom is -0.410 e. The van der Waals surface area contributed by atoms with Crippen molar-refractivity contribution in [2.45, 2.75) is 6.18 Å². The Kier molecular flexibility index (Phi) is 4.00. The number of hydrogen-bond acceptors (Lipinski definition) is 2. The molecule has 0 aromatic heterocycles. The summed E-state index contributed by atoms with van der Waals surface area (Å²) >= 11 is 0. The minimum absolute atomic E-state index is 0.00224. The molecule has 0 radical (unpaired) electrons. The molecule has 0 saturated carbocycles. The van der Waals surface area contributed by atoms with Crippen molar-refractivity contribution in [2.24, 2.45) is 0 Å². The van der Waals surface area contributed by atoms with Gasteiger partial charge in [0, 0.05) is 19.7 Å². The van der Waals surface area contributed by atoms with Gasteiger partial charge in [-0.15, -0.1) is 0 Å². The third-order valence-corrected chi connectivity index (χ3v) is 2.11. The zero-order chi connectivity index (χ0) is 13.9. The van der Waals surface area contributed by atoms with Crippen LogP contribution >= 0.6 is 0 Å². The number of carbonyl (C=O) groups excluding carboxylic acids is 1. The van der Waals surface area contributed by atoms with Gasteiger partial charge >= 0.3 is 12.3 Å². The third kappa shape index (κ3) is 3.51. The fourth-order valence-electron chi connectivity index (χ4n) is 1.10. The first kappa shape index (κ1) is 14.1. The maximum atomic E-state index is 12.3.